The molecule has 3 aromatic carbocycles. The van der Waals surface area contributed by atoms with E-state index in [-0.39, 0.29) is 5.54 Å². The largest absolute Gasteiger partial charge is 0.346 e. The van der Waals surface area contributed by atoms with Gasteiger partial charge in [0.15, 0.2) is 16.8 Å². The molecule has 0 radical (unpaired) electrons. The van der Waals surface area contributed by atoms with Crippen molar-refractivity contribution in [2.75, 3.05) is 6.61 Å². The van der Waals surface area contributed by atoms with Crippen molar-refractivity contribution >= 4 is 0 Å². The molecule has 3 fully saturated rings. The smallest absolute Gasteiger partial charge is 0.263 e. The van der Waals surface area contributed by atoms with Gasteiger partial charge in [-0.15, -0.1) is 0 Å². The molecule has 3 aliphatic rings. The van der Waals surface area contributed by atoms with Crippen LogP contribution < -0.4 is 5.32 Å². The normalized spacial score (nSPS) is 33.9. The van der Waals surface area contributed by atoms with Crippen LogP contribution in [0.25, 0.3) is 0 Å². The zero-order chi connectivity index (χ0) is 22.2. The van der Waals surface area contributed by atoms with E-state index in [1.165, 1.54) is 5.56 Å². The Kier molecular flexibility index (Phi) is 3.96. The Bertz CT molecular complexity index is 1120. The highest BCUT2D eigenvalue weighted by Gasteiger charge is 2.94. The molecular formula is C28H29NO3. The fourth-order valence-electron chi connectivity index (χ4n) is 5.85. The highest BCUT2D eigenvalue weighted by Crippen LogP contribution is 2.78. The fraction of sp³-hybridized carbons (Fsp3) is 0.357. The van der Waals surface area contributed by atoms with Crippen molar-refractivity contribution in [2.45, 2.75) is 55.9 Å². The maximum absolute atomic E-state index is 7.20. The number of nitrogens with one attached hydrogen (secondary N) is 1. The molecule has 6 rings (SSSR count). The van der Waals surface area contributed by atoms with E-state index >= 15 is 0 Å². The average molecular weight is 428 g/mol. The second-order valence-electron chi connectivity index (χ2n) is 10.1. The predicted octanol–water partition coefficient (Wildman–Crippen LogP) is 5.01. The van der Waals surface area contributed by atoms with Gasteiger partial charge < -0.3 is 14.2 Å². The van der Waals surface area contributed by atoms with Gasteiger partial charge in [-0.25, -0.2) is 0 Å². The van der Waals surface area contributed by atoms with Crippen LogP contribution in [0.5, 0.6) is 0 Å². The Morgan fingerprint density at radius 2 is 1.25 bits per heavy atom. The van der Waals surface area contributed by atoms with E-state index in [2.05, 4.69) is 106 Å². The third-order valence-corrected chi connectivity index (χ3v) is 7.37. The lowest BCUT2D eigenvalue weighted by Crippen LogP contribution is -2.57. The second kappa shape index (κ2) is 6.30. The summed E-state index contributed by atoms with van der Waals surface area (Å²) in [6.45, 7) is 9.03. The number of rotatable bonds is 3. The van der Waals surface area contributed by atoms with Gasteiger partial charge in [0.05, 0.1) is 6.61 Å². The van der Waals surface area contributed by atoms with Gasteiger partial charge in [-0.3, -0.25) is 5.32 Å². The molecule has 3 aromatic rings. The van der Waals surface area contributed by atoms with Crippen LogP contribution in [0.15, 0.2) is 84.9 Å². The number of fused-ring (bicyclic) bond motifs is 2. The second-order valence-corrected chi connectivity index (χ2v) is 10.1. The number of ether oxygens (including phenoxy) is 3. The van der Waals surface area contributed by atoms with E-state index in [0.717, 1.165) is 16.7 Å². The molecule has 0 amide bonds. The first-order valence-electron chi connectivity index (χ1n) is 11.3. The van der Waals surface area contributed by atoms with Crippen LogP contribution in [-0.4, -0.2) is 23.7 Å². The van der Waals surface area contributed by atoms with Gasteiger partial charge in [-0.2, -0.15) is 0 Å². The molecule has 1 spiro atoms. The number of hydrogen-bond donors (Lipinski definition) is 1. The molecule has 0 saturated carbocycles. The van der Waals surface area contributed by atoms with Crippen molar-refractivity contribution < 1.29 is 14.2 Å². The molecule has 3 atom stereocenters. The lowest BCUT2D eigenvalue weighted by Gasteiger charge is -2.40. The van der Waals surface area contributed by atoms with Crippen LogP contribution in [0.1, 0.15) is 43.0 Å². The van der Waals surface area contributed by atoms with Gasteiger partial charge in [0.25, 0.3) is 5.91 Å². The Hall–Kier alpha value is -2.50. The molecular weight excluding hydrogens is 398 g/mol. The summed E-state index contributed by atoms with van der Waals surface area (Å²) in [6, 6.07) is 29.4. The van der Waals surface area contributed by atoms with Crippen molar-refractivity contribution in [1.82, 2.24) is 5.32 Å². The third-order valence-electron chi connectivity index (χ3n) is 7.37. The van der Waals surface area contributed by atoms with E-state index < -0.39 is 22.7 Å². The van der Waals surface area contributed by atoms with Gasteiger partial charge in [-0.05, 0) is 44.4 Å². The molecule has 4 heteroatoms. The number of benzene rings is 3. The summed E-state index contributed by atoms with van der Waals surface area (Å²) in [7, 11) is 0. The minimum Gasteiger partial charge on any atom is -0.346 e. The summed E-state index contributed by atoms with van der Waals surface area (Å²) in [5.74, 6) is -1.08. The molecule has 0 unspecified atom stereocenters. The van der Waals surface area contributed by atoms with Crippen LogP contribution in [0.4, 0.5) is 0 Å². The quantitative estimate of drug-likeness (QED) is 0.597. The topological polar surface area (TPSA) is 43.0 Å². The van der Waals surface area contributed by atoms with E-state index in [4.69, 9.17) is 14.2 Å². The zero-order valence-electron chi connectivity index (χ0n) is 19.0. The molecule has 0 aliphatic carbocycles. The number of hydrogen-bond acceptors (Lipinski definition) is 4. The molecule has 0 aromatic heterocycles. The van der Waals surface area contributed by atoms with E-state index in [1.54, 1.807) is 0 Å². The van der Waals surface area contributed by atoms with Gasteiger partial charge in [0.2, 0.25) is 0 Å². The monoisotopic (exact) mass is 427 g/mol. The number of aryl methyl sites for hydroxylation is 1. The van der Waals surface area contributed by atoms with Crippen molar-refractivity contribution in [3.05, 3.63) is 107 Å². The average Bonchev–Trinajstić information content (AvgIpc) is 3.27. The van der Waals surface area contributed by atoms with Crippen LogP contribution in [-0.2, 0) is 25.4 Å². The van der Waals surface area contributed by atoms with Crippen LogP contribution in [0.2, 0.25) is 0 Å². The lowest BCUT2D eigenvalue weighted by atomic mass is 9.69. The van der Waals surface area contributed by atoms with Crippen molar-refractivity contribution in [1.29, 1.82) is 0 Å². The molecule has 32 heavy (non-hydrogen) atoms. The molecule has 3 aliphatic heterocycles. The van der Waals surface area contributed by atoms with Gasteiger partial charge in [0, 0.05) is 5.54 Å². The Labute approximate surface area is 189 Å². The highest BCUT2D eigenvalue weighted by atomic mass is 16.8. The standard InChI is InChI=1S/C28H29NO3/c1-20-15-17-23(18-16-20)27-25(4,31-27)28(29-24(2,3)19-30-28)32-26(27,21-11-7-5-8-12-21)22-13-9-6-10-14-22/h5-18,29H,19H2,1-4H3/t25-,27+,28-/m0/s1. The van der Waals surface area contributed by atoms with Crippen LogP contribution in [0.3, 0.4) is 0 Å². The first kappa shape index (κ1) is 20.1. The Morgan fingerprint density at radius 1 is 0.688 bits per heavy atom. The summed E-state index contributed by atoms with van der Waals surface area (Å²) in [6.07, 6.45) is 0. The third kappa shape index (κ3) is 2.31. The Morgan fingerprint density at radius 3 is 1.75 bits per heavy atom. The van der Waals surface area contributed by atoms with Gasteiger partial charge in [-0.1, -0.05) is 90.5 Å². The summed E-state index contributed by atoms with van der Waals surface area (Å²) in [5.41, 5.74) is 1.76. The summed E-state index contributed by atoms with van der Waals surface area (Å²) in [5, 5.41) is 3.67. The maximum Gasteiger partial charge on any atom is 0.263 e. The molecule has 3 heterocycles. The molecule has 3 saturated heterocycles. The fourth-order valence-corrected chi connectivity index (χ4v) is 5.85. The lowest BCUT2D eigenvalue weighted by molar-refractivity contribution is -0.294. The SMILES string of the molecule is Cc1ccc([C@@]23O[C@]2(C)[C@@]2(NC(C)(C)CO2)OC3(c2ccccc2)c2ccccc2)cc1. The summed E-state index contributed by atoms with van der Waals surface area (Å²) >= 11 is 0. The van der Waals surface area contributed by atoms with Crippen LogP contribution >= 0.6 is 0 Å². The maximum atomic E-state index is 7.20. The first-order valence-corrected chi connectivity index (χ1v) is 11.3. The van der Waals surface area contributed by atoms with E-state index in [0.29, 0.717) is 6.61 Å². The molecule has 164 valence electrons. The number of epoxide rings is 1. The minimum atomic E-state index is -1.08. The molecule has 1 N–H and O–H groups in total. The molecule has 4 nitrogen and oxygen atoms in total. The summed E-state index contributed by atoms with van der Waals surface area (Å²) in [4.78, 5) is 0. The van der Waals surface area contributed by atoms with Crippen molar-refractivity contribution in [3.8, 4) is 0 Å². The van der Waals surface area contributed by atoms with E-state index in [1.807, 2.05) is 12.1 Å². The van der Waals surface area contributed by atoms with Crippen LogP contribution in [0, 0.1) is 6.92 Å². The zero-order valence-corrected chi connectivity index (χ0v) is 19.0. The van der Waals surface area contributed by atoms with Crippen molar-refractivity contribution in [3.63, 3.8) is 0 Å². The first-order chi connectivity index (χ1) is 15.3. The van der Waals surface area contributed by atoms with Gasteiger partial charge >= 0.3 is 0 Å². The minimum absolute atomic E-state index is 0.239. The Balaban J connectivity index is 1.68. The highest BCUT2D eigenvalue weighted by molar-refractivity contribution is 5.55. The van der Waals surface area contributed by atoms with E-state index in [9.17, 15) is 0 Å². The predicted molar refractivity (Wildman–Crippen MR) is 123 cm³/mol. The summed E-state index contributed by atoms with van der Waals surface area (Å²) < 4.78 is 20.6. The molecule has 0 bridgehead atoms. The van der Waals surface area contributed by atoms with Crippen molar-refractivity contribution in [2.24, 2.45) is 0 Å². The van der Waals surface area contributed by atoms with Gasteiger partial charge in [0.1, 0.15) is 0 Å².